The number of phenolic OH excluding ortho intramolecular Hbond substituents is 1. The Hall–Kier alpha value is -3.15. The SMILES string of the molecule is COc1cccc(C(=O)c2cc3cnc(NC(C)C)nc3cc2O)c1. The summed E-state index contributed by atoms with van der Waals surface area (Å²) in [6.45, 7) is 3.97. The third-order valence-electron chi connectivity index (χ3n) is 3.69. The lowest BCUT2D eigenvalue weighted by Gasteiger charge is -2.10. The van der Waals surface area contributed by atoms with Gasteiger partial charge in [-0.25, -0.2) is 9.97 Å². The number of nitrogens with one attached hydrogen (secondary N) is 1. The van der Waals surface area contributed by atoms with Gasteiger partial charge in [0.25, 0.3) is 0 Å². The lowest BCUT2D eigenvalue weighted by atomic mass is 10.0. The van der Waals surface area contributed by atoms with Gasteiger partial charge in [-0.05, 0) is 32.0 Å². The molecular formula is C19H19N3O3. The number of ketones is 1. The molecule has 6 heteroatoms. The third-order valence-corrected chi connectivity index (χ3v) is 3.69. The van der Waals surface area contributed by atoms with E-state index in [1.165, 1.54) is 13.2 Å². The second-order valence-corrected chi connectivity index (χ2v) is 5.98. The van der Waals surface area contributed by atoms with Crippen molar-refractivity contribution in [3.05, 3.63) is 53.7 Å². The van der Waals surface area contributed by atoms with Crippen molar-refractivity contribution < 1.29 is 14.6 Å². The molecule has 0 aliphatic carbocycles. The summed E-state index contributed by atoms with van der Waals surface area (Å²) < 4.78 is 5.14. The zero-order valence-corrected chi connectivity index (χ0v) is 14.3. The fraction of sp³-hybridized carbons (Fsp3) is 0.211. The predicted molar refractivity (Wildman–Crippen MR) is 96.4 cm³/mol. The van der Waals surface area contributed by atoms with E-state index in [-0.39, 0.29) is 23.1 Å². The molecule has 0 aliphatic rings. The number of rotatable bonds is 5. The molecule has 2 aromatic carbocycles. The number of methoxy groups -OCH3 is 1. The molecule has 0 unspecified atom stereocenters. The Balaban J connectivity index is 2.01. The minimum atomic E-state index is -0.289. The van der Waals surface area contributed by atoms with Crippen molar-refractivity contribution in [3.63, 3.8) is 0 Å². The molecule has 0 atom stereocenters. The van der Waals surface area contributed by atoms with Gasteiger partial charge >= 0.3 is 0 Å². The van der Waals surface area contributed by atoms with E-state index < -0.39 is 0 Å². The molecule has 0 saturated carbocycles. The van der Waals surface area contributed by atoms with Crippen LogP contribution in [0.5, 0.6) is 11.5 Å². The van der Waals surface area contributed by atoms with Gasteiger partial charge in [-0.15, -0.1) is 0 Å². The van der Waals surface area contributed by atoms with Crippen LogP contribution in [-0.2, 0) is 0 Å². The van der Waals surface area contributed by atoms with Crippen LogP contribution in [0.15, 0.2) is 42.6 Å². The number of hydrogen-bond acceptors (Lipinski definition) is 6. The van der Waals surface area contributed by atoms with E-state index in [9.17, 15) is 9.90 Å². The first-order valence-electron chi connectivity index (χ1n) is 7.93. The minimum Gasteiger partial charge on any atom is -0.507 e. The molecule has 3 rings (SSSR count). The number of aromatic hydroxyl groups is 1. The van der Waals surface area contributed by atoms with Gasteiger partial charge in [0, 0.05) is 29.3 Å². The highest BCUT2D eigenvalue weighted by atomic mass is 16.5. The molecule has 0 saturated heterocycles. The van der Waals surface area contributed by atoms with E-state index in [4.69, 9.17) is 4.74 Å². The number of benzene rings is 2. The van der Waals surface area contributed by atoms with Crippen LogP contribution < -0.4 is 10.1 Å². The van der Waals surface area contributed by atoms with Crippen molar-refractivity contribution in [2.45, 2.75) is 19.9 Å². The maximum atomic E-state index is 12.7. The normalized spacial score (nSPS) is 10.9. The second-order valence-electron chi connectivity index (χ2n) is 5.98. The van der Waals surface area contributed by atoms with E-state index in [0.29, 0.717) is 28.2 Å². The van der Waals surface area contributed by atoms with Crippen LogP contribution in [-0.4, -0.2) is 34.0 Å². The van der Waals surface area contributed by atoms with Crippen LogP contribution in [0.2, 0.25) is 0 Å². The first-order valence-corrected chi connectivity index (χ1v) is 7.93. The number of nitrogens with zero attached hydrogens (tertiary/aromatic N) is 2. The van der Waals surface area contributed by atoms with Crippen molar-refractivity contribution in [2.75, 3.05) is 12.4 Å². The highest BCUT2D eigenvalue weighted by molar-refractivity contribution is 6.12. The van der Waals surface area contributed by atoms with E-state index in [1.807, 2.05) is 13.8 Å². The summed E-state index contributed by atoms with van der Waals surface area (Å²) in [5.74, 6) is 0.657. The minimum absolute atomic E-state index is 0.116. The molecule has 0 fully saturated rings. The lowest BCUT2D eigenvalue weighted by molar-refractivity contribution is 0.103. The molecule has 25 heavy (non-hydrogen) atoms. The van der Waals surface area contributed by atoms with Crippen LogP contribution in [0.4, 0.5) is 5.95 Å². The molecule has 1 heterocycles. The summed E-state index contributed by atoms with van der Waals surface area (Å²) in [5, 5.41) is 14.1. The maximum Gasteiger partial charge on any atom is 0.223 e. The van der Waals surface area contributed by atoms with Gasteiger partial charge < -0.3 is 15.2 Å². The summed E-state index contributed by atoms with van der Waals surface area (Å²) in [6, 6.07) is 10.1. The number of ether oxygens (including phenoxy) is 1. The van der Waals surface area contributed by atoms with E-state index in [2.05, 4.69) is 15.3 Å². The summed E-state index contributed by atoms with van der Waals surface area (Å²) in [6.07, 6.45) is 1.63. The number of fused-ring (bicyclic) bond motifs is 1. The Labute approximate surface area is 145 Å². The fourth-order valence-electron chi connectivity index (χ4n) is 2.50. The van der Waals surface area contributed by atoms with Crippen molar-refractivity contribution in [3.8, 4) is 11.5 Å². The lowest BCUT2D eigenvalue weighted by Crippen LogP contribution is -2.12. The number of carbonyl (C=O) groups excluding carboxylic acids is 1. The van der Waals surface area contributed by atoms with E-state index >= 15 is 0 Å². The summed E-state index contributed by atoms with van der Waals surface area (Å²) in [5.41, 5.74) is 1.21. The van der Waals surface area contributed by atoms with Gasteiger partial charge in [0.2, 0.25) is 5.95 Å². The smallest absolute Gasteiger partial charge is 0.223 e. The summed E-state index contributed by atoms with van der Waals surface area (Å²) in [7, 11) is 1.54. The van der Waals surface area contributed by atoms with Gasteiger partial charge in [0.1, 0.15) is 11.5 Å². The van der Waals surface area contributed by atoms with Crippen molar-refractivity contribution in [1.29, 1.82) is 0 Å². The number of phenols is 1. The Morgan fingerprint density at radius 3 is 2.76 bits per heavy atom. The van der Waals surface area contributed by atoms with Crippen LogP contribution in [0.1, 0.15) is 29.8 Å². The molecule has 0 aliphatic heterocycles. The van der Waals surface area contributed by atoms with Gasteiger partial charge in [-0.3, -0.25) is 4.79 Å². The molecule has 6 nitrogen and oxygen atoms in total. The van der Waals surface area contributed by atoms with Gasteiger partial charge in [-0.1, -0.05) is 12.1 Å². The van der Waals surface area contributed by atoms with Crippen LogP contribution in [0.3, 0.4) is 0 Å². The van der Waals surface area contributed by atoms with Crippen LogP contribution in [0.25, 0.3) is 10.9 Å². The third kappa shape index (κ3) is 3.52. The molecule has 0 bridgehead atoms. The van der Waals surface area contributed by atoms with Gasteiger partial charge in [0.05, 0.1) is 18.2 Å². The molecule has 0 spiro atoms. The standard InChI is InChI=1S/C19H19N3O3/c1-11(2)21-19-20-10-13-8-15(17(23)9-16(13)22-19)18(24)12-5-4-6-14(7-12)25-3/h4-11,23H,1-3H3,(H,20,21,22). The Morgan fingerprint density at radius 1 is 1.24 bits per heavy atom. The van der Waals surface area contributed by atoms with Crippen LogP contribution >= 0.6 is 0 Å². The van der Waals surface area contributed by atoms with Crippen molar-refractivity contribution >= 4 is 22.6 Å². The highest BCUT2D eigenvalue weighted by Gasteiger charge is 2.16. The number of carbonyl (C=O) groups is 1. The number of aromatic nitrogens is 2. The molecule has 2 N–H and O–H groups in total. The topological polar surface area (TPSA) is 84.3 Å². The van der Waals surface area contributed by atoms with E-state index in [0.717, 1.165) is 0 Å². The molecule has 0 amide bonds. The zero-order chi connectivity index (χ0) is 18.0. The molecule has 3 aromatic rings. The van der Waals surface area contributed by atoms with Gasteiger partial charge in [0.15, 0.2) is 5.78 Å². The van der Waals surface area contributed by atoms with Gasteiger partial charge in [-0.2, -0.15) is 0 Å². The second kappa shape index (κ2) is 6.76. The van der Waals surface area contributed by atoms with Crippen molar-refractivity contribution in [2.24, 2.45) is 0 Å². The Kier molecular flexibility index (Phi) is 4.52. The number of hydrogen-bond donors (Lipinski definition) is 2. The average molecular weight is 337 g/mol. The maximum absolute atomic E-state index is 12.7. The Morgan fingerprint density at radius 2 is 2.04 bits per heavy atom. The summed E-state index contributed by atoms with van der Waals surface area (Å²) in [4.78, 5) is 21.3. The molecule has 128 valence electrons. The average Bonchev–Trinajstić information content (AvgIpc) is 2.60. The number of anilines is 1. The highest BCUT2D eigenvalue weighted by Crippen LogP contribution is 2.27. The monoisotopic (exact) mass is 337 g/mol. The molecular weight excluding hydrogens is 318 g/mol. The van der Waals surface area contributed by atoms with E-state index in [1.54, 1.807) is 36.5 Å². The summed E-state index contributed by atoms with van der Waals surface area (Å²) >= 11 is 0. The largest absolute Gasteiger partial charge is 0.507 e. The molecule has 0 radical (unpaired) electrons. The molecule has 1 aromatic heterocycles. The zero-order valence-electron chi connectivity index (χ0n) is 14.3. The fourth-order valence-corrected chi connectivity index (χ4v) is 2.50. The van der Waals surface area contributed by atoms with Crippen molar-refractivity contribution in [1.82, 2.24) is 9.97 Å². The Bertz CT molecular complexity index is 938. The predicted octanol–water partition coefficient (Wildman–Crippen LogP) is 3.40. The quantitative estimate of drug-likeness (QED) is 0.694. The van der Waals surface area contributed by atoms with Crippen LogP contribution in [0, 0.1) is 0 Å². The first kappa shape index (κ1) is 16.7. The first-order chi connectivity index (χ1) is 12.0.